The normalized spacial score (nSPS) is 10.0. The van der Waals surface area contributed by atoms with Gasteiger partial charge in [0.05, 0.1) is 4.92 Å². The second kappa shape index (κ2) is 6.20. The first-order valence-corrected chi connectivity index (χ1v) is 5.66. The molecule has 0 heterocycles. The van der Waals surface area contributed by atoms with Gasteiger partial charge in [0.15, 0.2) is 0 Å². The number of amides is 1. The number of rotatable bonds is 5. The van der Waals surface area contributed by atoms with Crippen LogP contribution in [0.4, 0.5) is 11.4 Å². The molecule has 0 aliphatic rings. The zero-order valence-corrected chi connectivity index (χ0v) is 10.2. The molecule has 0 saturated carbocycles. The van der Waals surface area contributed by atoms with Crippen molar-refractivity contribution in [1.29, 1.82) is 0 Å². The van der Waals surface area contributed by atoms with E-state index in [1.807, 2.05) is 0 Å². The molecule has 0 N–H and O–H groups in total. The fraction of sp³-hybridized carbons (Fsp3) is 0.364. The smallest absolute Gasteiger partial charge is 0.269 e. The van der Waals surface area contributed by atoms with Gasteiger partial charge in [-0.1, -0.05) is 0 Å². The van der Waals surface area contributed by atoms with E-state index in [4.69, 9.17) is 11.6 Å². The molecule has 0 saturated heterocycles. The van der Waals surface area contributed by atoms with Crippen LogP contribution in [0.1, 0.15) is 12.8 Å². The second-order valence-electron chi connectivity index (χ2n) is 3.52. The lowest BCUT2D eigenvalue weighted by molar-refractivity contribution is -0.384. The number of hydrogen-bond donors (Lipinski definition) is 0. The molecule has 0 aliphatic carbocycles. The Morgan fingerprint density at radius 2 is 2.00 bits per heavy atom. The number of carbonyl (C=O) groups is 1. The van der Waals surface area contributed by atoms with Gasteiger partial charge < -0.3 is 4.90 Å². The van der Waals surface area contributed by atoms with Crippen molar-refractivity contribution in [3.8, 4) is 0 Å². The maximum absolute atomic E-state index is 11.7. The van der Waals surface area contributed by atoms with Crippen molar-refractivity contribution in [3.05, 3.63) is 34.4 Å². The molecular weight excluding hydrogens is 244 g/mol. The van der Waals surface area contributed by atoms with E-state index in [0.717, 1.165) is 0 Å². The highest BCUT2D eigenvalue weighted by Crippen LogP contribution is 2.19. The number of benzene rings is 1. The molecule has 0 aromatic heterocycles. The summed E-state index contributed by atoms with van der Waals surface area (Å²) in [5.74, 6) is 0.388. The molecule has 1 aromatic carbocycles. The van der Waals surface area contributed by atoms with Crippen LogP contribution in [0.25, 0.3) is 0 Å². The molecule has 1 rings (SSSR count). The predicted octanol–water partition coefficient (Wildman–Crippen LogP) is 2.58. The molecule has 0 unspecified atom stereocenters. The largest absolute Gasteiger partial charge is 0.315 e. The van der Waals surface area contributed by atoms with Crippen molar-refractivity contribution in [2.75, 3.05) is 17.8 Å². The average molecular weight is 257 g/mol. The first-order chi connectivity index (χ1) is 8.06. The van der Waals surface area contributed by atoms with Crippen molar-refractivity contribution < 1.29 is 9.72 Å². The molecule has 1 aromatic rings. The van der Waals surface area contributed by atoms with Gasteiger partial charge in [-0.3, -0.25) is 14.9 Å². The van der Waals surface area contributed by atoms with Gasteiger partial charge in [-0.25, -0.2) is 0 Å². The summed E-state index contributed by atoms with van der Waals surface area (Å²) in [5, 5.41) is 10.5. The predicted molar refractivity (Wildman–Crippen MR) is 66.5 cm³/mol. The lowest BCUT2D eigenvalue weighted by Crippen LogP contribution is -2.25. The summed E-state index contributed by atoms with van der Waals surface area (Å²) in [6, 6.07) is 5.86. The van der Waals surface area contributed by atoms with E-state index in [0.29, 0.717) is 24.4 Å². The number of anilines is 1. The van der Waals surface area contributed by atoms with E-state index in [1.54, 1.807) is 19.2 Å². The molecule has 92 valence electrons. The van der Waals surface area contributed by atoms with Crippen LogP contribution >= 0.6 is 11.6 Å². The number of halogens is 1. The highest BCUT2D eigenvalue weighted by atomic mass is 35.5. The zero-order chi connectivity index (χ0) is 12.8. The molecule has 6 heteroatoms. The van der Waals surface area contributed by atoms with Gasteiger partial charge in [0.25, 0.3) is 5.69 Å². The van der Waals surface area contributed by atoms with Crippen LogP contribution in [0.3, 0.4) is 0 Å². The van der Waals surface area contributed by atoms with Crippen LogP contribution in [-0.2, 0) is 4.79 Å². The van der Waals surface area contributed by atoms with Crippen molar-refractivity contribution in [1.82, 2.24) is 0 Å². The van der Waals surface area contributed by atoms with Gasteiger partial charge in [0.1, 0.15) is 0 Å². The number of nitro benzene ring substituents is 1. The van der Waals surface area contributed by atoms with E-state index in [9.17, 15) is 14.9 Å². The fourth-order valence-corrected chi connectivity index (χ4v) is 1.46. The topological polar surface area (TPSA) is 63.5 Å². The van der Waals surface area contributed by atoms with Crippen molar-refractivity contribution in [2.45, 2.75) is 12.8 Å². The minimum atomic E-state index is -0.473. The Balaban J connectivity index is 2.72. The lowest BCUT2D eigenvalue weighted by atomic mass is 10.2. The Morgan fingerprint density at radius 3 is 2.47 bits per heavy atom. The second-order valence-corrected chi connectivity index (χ2v) is 3.90. The third-order valence-electron chi connectivity index (χ3n) is 2.35. The summed E-state index contributed by atoms with van der Waals surface area (Å²) in [7, 11) is 1.64. The molecule has 0 atom stereocenters. The lowest BCUT2D eigenvalue weighted by Gasteiger charge is -2.16. The molecule has 17 heavy (non-hydrogen) atoms. The summed E-state index contributed by atoms with van der Waals surface area (Å²) in [5.41, 5.74) is 0.644. The number of alkyl halides is 1. The molecular formula is C11H13ClN2O3. The van der Waals surface area contributed by atoms with Crippen LogP contribution < -0.4 is 4.90 Å². The molecule has 0 radical (unpaired) electrons. The molecule has 0 fully saturated rings. The molecule has 1 amide bonds. The summed E-state index contributed by atoms with van der Waals surface area (Å²) < 4.78 is 0. The average Bonchev–Trinajstić information content (AvgIpc) is 2.35. The summed E-state index contributed by atoms with van der Waals surface area (Å²) in [6.45, 7) is 0. The summed E-state index contributed by atoms with van der Waals surface area (Å²) in [6.07, 6.45) is 0.995. The van der Waals surface area contributed by atoms with Gasteiger partial charge >= 0.3 is 0 Å². The number of hydrogen-bond acceptors (Lipinski definition) is 3. The first kappa shape index (κ1) is 13.4. The van der Waals surface area contributed by atoms with E-state index < -0.39 is 4.92 Å². The van der Waals surface area contributed by atoms with Crippen molar-refractivity contribution in [2.24, 2.45) is 0 Å². The van der Waals surface area contributed by atoms with E-state index in [-0.39, 0.29) is 11.6 Å². The maximum Gasteiger partial charge on any atom is 0.269 e. The third kappa shape index (κ3) is 3.71. The number of carbonyl (C=O) groups excluding carboxylic acids is 1. The fourth-order valence-electron chi connectivity index (χ4n) is 1.33. The number of nitrogens with zero attached hydrogens (tertiary/aromatic N) is 2. The Morgan fingerprint density at radius 1 is 1.41 bits per heavy atom. The standard InChI is InChI=1S/C11H13ClN2O3/c1-13(11(15)3-2-8-12)9-4-6-10(7-5-9)14(16)17/h4-7H,2-3,8H2,1H3. The van der Waals surface area contributed by atoms with E-state index >= 15 is 0 Å². The molecule has 0 bridgehead atoms. The Bertz CT molecular complexity index is 406. The van der Waals surface area contributed by atoms with Crippen LogP contribution in [0.2, 0.25) is 0 Å². The molecule has 0 aliphatic heterocycles. The summed E-state index contributed by atoms with van der Waals surface area (Å²) in [4.78, 5) is 23.1. The Kier molecular flexibility index (Phi) is 4.90. The van der Waals surface area contributed by atoms with E-state index in [2.05, 4.69) is 0 Å². The van der Waals surface area contributed by atoms with Crippen molar-refractivity contribution >= 4 is 28.9 Å². The van der Waals surface area contributed by atoms with Gasteiger partial charge in [-0.2, -0.15) is 0 Å². The SMILES string of the molecule is CN(C(=O)CCCCl)c1ccc([N+](=O)[O-])cc1. The highest BCUT2D eigenvalue weighted by Gasteiger charge is 2.11. The quantitative estimate of drug-likeness (QED) is 0.462. The van der Waals surface area contributed by atoms with Crippen LogP contribution in [-0.4, -0.2) is 23.8 Å². The Hall–Kier alpha value is -1.62. The zero-order valence-electron chi connectivity index (χ0n) is 9.43. The Labute approximate surface area is 104 Å². The first-order valence-electron chi connectivity index (χ1n) is 5.13. The van der Waals surface area contributed by atoms with Gasteiger partial charge in [0, 0.05) is 37.2 Å². The minimum absolute atomic E-state index is 0.00959. The van der Waals surface area contributed by atoms with Crippen LogP contribution in [0, 0.1) is 10.1 Å². The number of nitro groups is 1. The number of non-ortho nitro benzene ring substituents is 1. The minimum Gasteiger partial charge on any atom is -0.315 e. The summed E-state index contributed by atoms with van der Waals surface area (Å²) >= 11 is 5.51. The van der Waals surface area contributed by atoms with Crippen molar-refractivity contribution in [3.63, 3.8) is 0 Å². The maximum atomic E-state index is 11.7. The van der Waals surface area contributed by atoms with E-state index in [1.165, 1.54) is 17.0 Å². The van der Waals surface area contributed by atoms with Gasteiger partial charge in [-0.15, -0.1) is 11.6 Å². The molecule has 0 spiro atoms. The molecule has 5 nitrogen and oxygen atoms in total. The highest BCUT2D eigenvalue weighted by molar-refractivity contribution is 6.18. The van der Waals surface area contributed by atoms with Gasteiger partial charge in [-0.05, 0) is 18.6 Å². The van der Waals surface area contributed by atoms with Gasteiger partial charge in [0.2, 0.25) is 5.91 Å². The van der Waals surface area contributed by atoms with Crippen LogP contribution in [0.15, 0.2) is 24.3 Å². The third-order valence-corrected chi connectivity index (χ3v) is 2.61. The van der Waals surface area contributed by atoms with Crippen LogP contribution in [0.5, 0.6) is 0 Å². The monoisotopic (exact) mass is 256 g/mol.